The minimum Gasteiger partial charge on any atom is -0.497 e. The molecule has 0 unspecified atom stereocenters. The smallest absolute Gasteiger partial charge is 0.243 e. The van der Waals surface area contributed by atoms with Crippen LogP contribution in [0.5, 0.6) is 5.75 Å². The van der Waals surface area contributed by atoms with Gasteiger partial charge in [0.1, 0.15) is 5.75 Å². The SMILES string of the molecule is COc1ccc(S(=O)(=O)N2C[C@@H]3OCCN(Cc4cccc(C)n4)[C@@H]3C2)cc1. The Labute approximate surface area is 165 Å². The molecule has 8 heteroatoms. The molecule has 0 radical (unpaired) electrons. The molecule has 2 fully saturated rings. The molecule has 150 valence electrons. The molecule has 28 heavy (non-hydrogen) atoms. The maximum atomic E-state index is 13.1. The molecule has 0 aliphatic carbocycles. The number of methoxy groups -OCH3 is 1. The zero-order chi connectivity index (χ0) is 19.7. The standard InChI is InChI=1S/C20H25N3O4S/c1-15-4-3-5-16(21-15)12-22-10-11-27-20-14-23(13-19(20)22)28(24,25)18-8-6-17(26-2)7-9-18/h3-9,19-20H,10-14H2,1-2H3/t19-,20+/m1/s1. The Morgan fingerprint density at radius 3 is 2.68 bits per heavy atom. The second-order valence-electron chi connectivity index (χ2n) is 7.21. The molecule has 2 aromatic rings. The molecule has 1 aromatic heterocycles. The van der Waals surface area contributed by atoms with Gasteiger partial charge in [0, 0.05) is 31.9 Å². The lowest BCUT2D eigenvalue weighted by Gasteiger charge is -2.36. The summed E-state index contributed by atoms with van der Waals surface area (Å²) >= 11 is 0. The zero-order valence-electron chi connectivity index (χ0n) is 16.1. The van der Waals surface area contributed by atoms with Crippen LogP contribution in [0, 0.1) is 6.92 Å². The average molecular weight is 404 g/mol. The van der Waals surface area contributed by atoms with E-state index in [1.54, 1.807) is 31.4 Å². The summed E-state index contributed by atoms with van der Waals surface area (Å²) in [6, 6.07) is 12.5. The quantitative estimate of drug-likeness (QED) is 0.756. The predicted octanol–water partition coefficient (Wildman–Crippen LogP) is 1.67. The van der Waals surface area contributed by atoms with Crippen molar-refractivity contribution in [3.63, 3.8) is 0 Å². The van der Waals surface area contributed by atoms with Crippen molar-refractivity contribution in [3.05, 3.63) is 53.9 Å². The number of hydrogen-bond acceptors (Lipinski definition) is 6. The molecule has 3 heterocycles. The summed E-state index contributed by atoms with van der Waals surface area (Å²) in [4.78, 5) is 7.15. The highest BCUT2D eigenvalue weighted by molar-refractivity contribution is 7.89. The third-order valence-corrected chi connectivity index (χ3v) is 7.24. The maximum absolute atomic E-state index is 13.1. The van der Waals surface area contributed by atoms with Crippen molar-refractivity contribution in [1.29, 1.82) is 0 Å². The summed E-state index contributed by atoms with van der Waals surface area (Å²) < 4.78 is 38.7. The molecule has 7 nitrogen and oxygen atoms in total. The second kappa shape index (κ2) is 7.79. The number of aromatic nitrogens is 1. The first-order valence-electron chi connectivity index (χ1n) is 9.40. The molecule has 0 spiro atoms. The largest absolute Gasteiger partial charge is 0.497 e. The fourth-order valence-electron chi connectivity index (χ4n) is 3.91. The number of fused-ring (bicyclic) bond motifs is 1. The Balaban J connectivity index is 1.51. The van der Waals surface area contributed by atoms with Crippen LogP contribution in [0.3, 0.4) is 0 Å². The molecule has 2 atom stereocenters. The van der Waals surface area contributed by atoms with Gasteiger partial charge in [-0.25, -0.2) is 8.42 Å². The third kappa shape index (κ3) is 3.77. The molecule has 0 bridgehead atoms. The fourth-order valence-corrected chi connectivity index (χ4v) is 5.38. The minimum absolute atomic E-state index is 0.0316. The molecular weight excluding hydrogens is 378 g/mol. The molecule has 0 amide bonds. The molecule has 2 aliphatic rings. The van der Waals surface area contributed by atoms with Gasteiger partial charge in [-0.1, -0.05) is 6.07 Å². The normalized spacial score (nSPS) is 23.5. The summed E-state index contributed by atoms with van der Waals surface area (Å²) in [5.74, 6) is 0.634. The Hall–Kier alpha value is -2.00. The van der Waals surface area contributed by atoms with Gasteiger partial charge in [0.05, 0.1) is 36.5 Å². The van der Waals surface area contributed by atoms with E-state index < -0.39 is 10.0 Å². The van der Waals surface area contributed by atoms with Gasteiger partial charge in [0.25, 0.3) is 0 Å². The molecule has 2 aliphatic heterocycles. The van der Waals surface area contributed by atoms with Crippen LogP contribution in [-0.4, -0.2) is 68.1 Å². The van der Waals surface area contributed by atoms with Crippen molar-refractivity contribution in [2.75, 3.05) is 33.4 Å². The number of sulfonamides is 1. The molecule has 4 rings (SSSR count). The lowest BCUT2D eigenvalue weighted by molar-refractivity contribution is -0.0506. The summed E-state index contributed by atoms with van der Waals surface area (Å²) in [5.41, 5.74) is 1.98. The Morgan fingerprint density at radius 2 is 1.96 bits per heavy atom. The molecule has 1 aromatic carbocycles. The first-order chi connectivity index (χ1) is 13.5. The van der Waals surface area contributed by atoms with Crippen LogP contribution >= 0.6 is 0 Å². The van der Waals surface area contributed by atoms with Gasteiger partial charge in [-0.15, -0.1) is 0 Å². The molecule has 2 saturated heterocycles. The fraction of sp³-hybridized carbons (Fsp3) is 0.450. The number of ether oxygens (including phenoxy) is 2. The summed E-state index contributed by atoms with van der Waals surface area (Å²) in [7, 11) is -2.01. The first-order valence-corrected chi connectivity index (χ1v) is 10.8. The van der Waals surface area contributed by atoms with Crippen LogP contribution in [-0.2, 0) is 21.3 Å². The van der Waals surface area contributed by atoms with E-state index in [1.807, 2.05) is 25.1 Å². The lowest BCUT2D eigenvalue weighted by atomic mass is 10.1. The molecular formula is C20H25N3O4S. The number of hydrogen-bond donors (Lipinski definition) is 0. The van der Waals surface area contributed by atoms with E-state index >= 15 is 0 Å². The summed E-state index contributed by atoms with van der Waals surface area (Å²) in [5, 5.41) is 0. The summed E-state index contributed by atoms with van der Waals surface area (Å²) in [6.45, 7) is 4.84. The number of benzene rings is 1. The number of rotatable bonds is 5. The van der Waals surface area contributed by atoms with Crippen molar-refractivity contribution in [2.24, 2.45) is 0 Å². The van der Waals surface area contributed by atoms with E-state index in [-0.39, 0.29) is 17.0 Å². The van der Waals surface area contributed by atoms with Crippen molar-refractivity contribution in [1.82, 2.24) is 14.2 Å². The van der Waals surface area contributed by atoms with E-state index in [9.17, 15) is 8.42 Å². The number of aryl methyl sites for hydroxylation is 1. The highest BCUT2D eigenvalue weighted by Crippen LogP contribution is 2.29. The van der Waals surface area contributed by atoms with Crippen molar-refractivity contribution in [2.45, 2.75) is 30.5 Å². The van der Waals surface area contributed by atoms with Gasteiger partial charge in [-0.3, -0.25) is 9.88 Å². The van der Waals surface area contributed by atoms with Crippen LogP contribution in [0.25, 0.3) is 0 Å². The zero-order valence-corrected chi connectivity index (χ0v) is 16.9. The van der Waals surface area contributed by atoms with Crippen LogP contribution in [0.1, 0.15) is 11.4 Å². The van der Waals surface area contributed by atoms with E-state index in [0.717, 1.165) is 17.9 Å². The van der Waals surface area contributed by atoms with Crippen molar-refractivity contribution < 1.29 is 17.9 Å². The average Bonchev–Trinajstić information content (AvgIpc) is 3.14. The van der Waals surface area contributed by atoms with Crippen molar-refractivity contribution >= 4 is 10.0 Å². The Bertz CT molecular complexity index is 933. The van der Waals surface area contributed by atoms with Gasteiger partial charge >= 0.3 is 0 Å². The monoisotopic (exact) mass is 403 g/mol. The second-order valence-corrected chi connectivity index (χ2v) is 9.15. The lowest BCUT2D eigenvalue weighted by Crippen LogP contribution is -2.50. The van der Waals surface area contributed by atoms with E-state index in [2.05, 4.69) is 9.88 Å². The van der Waals surface area contributed by atoms with Gasteiger partial charge in [-0.2, -0.15) is 4.31 Å². The minimum atomic E-state index is -3.57. The van der Waals surface area contributed by atoms with E-state index in [0.29, 0.717) is 32.0 Å². The number of morpholine rings is 1. The Morgan fingerprint density at radius 1 is 1.18 bits per heavy atom. The molecule has 0 N–H and O–H groups in total. The predicted molar refractivity (Wildman–Crippen MR) is 105 cm³/mol. The maximum Gasteiger partial charge on any atom is 0.243 e. The van der Waals surface area contributed by atoms with Crippen LogP contribution in [0.2, 0.25) is 0 Å². The highest BCUT2D eigenvalue weighted by Gasteiger charge is 2.44. The van der Waals surface area contributed by atoms with E-state index in [1.165, 1.54) is 4.31 Å². The summed E-state index contributed by atoms with van der Waals surface area (Å²) in [6.07, 6.45) is -0.119. The van der Waals surface area contributed by atoms with Gasteiger partial charge < -0.3 is 9.47 Å². The van der Waals surface area contributed by atoms with Crippen LogP contribution in [0.15, 0.2) is 47.4 Å². The topological polar surface area (TPSA) is 72.0 Å². The van der Waals surface area contributed by atoms with Crippen molar-refractivity contribution in [3.8, 4) is 5.75 Å². The van der Waals surface area contributed by atoms with Crippen LogP contribution in [0.4, 0.5) is 0 Å². The van der Waals surface area contributed by atoms with Gasteiger partial charge in [0.2, 0.25) is 10.0 Å². The van der Waals surface area contributed by atoms with Gasteiger partial charge in [-0.05, 0) is 43.3 Å². The highest BCUT2D eigenvalue weighted by atomic mass is 32.2. The van der Waals surface area contributed by atoms with Gasteiger partial charge in [0.15, 0.2) is 0 Å². The third-order valence-electron chi connectivity index (χ3n) is 5.39. The first kappa shape index (κ1) is 19.3. The number of pyridine rings is 1. The number of nitrogens with zero attached hydrogens (tertiary/aromatic N) is 3. The van der Waals surface area contributed by atoms with E-state index in [4.69, 9.17) is 9.47 Å². The Kier molecular flexibility index (Phi) is 5.37. The molecule has 0 saturated carbocycles. The van der Waals surface area contributed by atoms with Crippen LogP contribution < -0.4 is 4.74 Å².